The van der Waals surface area contributed by atoms with E-state index in [0.717, 1.165) is 5.82 Å². The first-order valence-electron chi connectivity index (χ1n) is 5.67. The molecule has 0 spiro atoms. The first-order valence-corrected chi connectivity index (χ1v) is 6.86. The van der Waals surface area contributed by atoms with Crippen LogP contribution in [-0.4, -0.2) is 14.8 Å². The van der Waals surface area contributed by atoms with Crippen LogP contribution in [0.3, 0.4) is 0 Å². The van der Waals surface area contributed by atoms with E-state index in [4.69, 9.17) is 11.6 Å². The van der Waals surface area contributed by atoms with Crippen LogP contribution in [0, 0.1) is 6.92 Å². The van der Waals surface area contributed by atoms with Gasteiger partial charge in [-0.1, -0.05) is 13.8 Å². The molecule has 0 saturated carbocycles. The average molecular weight is 270 g/mol. The third-order valence-corrected chi connectivity index (χ3v) is 4.19. The normalized spacial score (nSPS) is 13.3. The summed E-state index contributed by atoms with van der Waals surface area (Å²) in [4.78, 5) is 2.59. The molecule has 0 radical (unpaired) electrons. The molecule has 0 saturated heterocycles. The number of hydrogen-bond donors (Lipinski definition) is 0. The van der Waals surface area contributed by atoms with E-state index in [-0.39, 0.29) is 6.04 Å². The highest BCUT2D eigenvalue weighted by Crippen LogP contribution is 2.30. The molecule has 0 N–H and O–H groups in total. The molecule has 0 fully saturated rings. The van der Waals surface area contributed by atoms with Crippen molar-refractivity contribution in [3.05, 3.63) is 33.0 Å². The van der Waals surface area contributed by atoms with Gasteiger partial charge >= 0.3 is 0 Å². The van der Waals surface area contributed by atoms with Crippen LogP contribution in [0.25, 0.3) is 0 Å². The molecule has 0 aliphatic rings. The first-order chi connectivity index (χ1) is 8.00. The summed E-state index contributed by atoms with van der Waals surface area (Å²) in [5.74, 6) is 1.26. The zero-order valence-corrected chi connectivity index (χ0v) is 12.0. The van der Waals surface area contributed by atoms with Crippen LogP contribution in [0.4, 0.5) is 0 Å². The number of halogens is 1. The number of hydrogen-bond acceptors (Lipinski definition) is 3. The van der Waals surface area contributed by atoms with E-state index in [1.54, 1.807) is 11.3 Å². The van der Waals surface area contributed by atoms with Crippen molar-refractivity contribution in [1.29, 1.82) is 0 Å². The van der Waals surface area contributed by atoms with E-state index in [2.05, 4.69) is 50.0 Å². The van der Waals surface area contributed by atoms with Crippen molar-refractivity contribution in [3.8, 4) is 0 Å². The molecular weight excluding hydrogens is 254 g/mol. The van der Waals surface area contributed by atoms with Crippen molar-refractivity contribution in [1.82, 2.24) is 14.8 Å². The van der Waals surface area contributed by atoms with Gasteiger partial charge in [-0.05, 0) is 37.6 Å². The molecule has 0 bridgehead atoms. The molecule has 0 aliphatic carbocycles. The predicted molar refractivity (Wildman–Crippen MR) is 72.0 cm³/mol. The molecule has 2 rings (SSSR count). The summed E-state index contributed by atoms with van der Waals surface area (Å²) in [6.07, 6.45) is 0. The van der Waals surface area contributed by atoms with Gasteiger partial charge in [-0.15, -0.1) is 21.5 Å². The van der Waals surface area contributed by atoms with Gasteiger partial charge in [0.1, 0.15) is 5.82 Å². The Morgan fingerprint density at radius 2 is 1.94 bits per heavy atom. The second-order valence-corrected chi connectivity index (χ2v) is 6.13. The third kappa shape index (κ3) is 2.38. The van der Waals surface area contributed by atoms with Crippen LogP contribution in [0.2, 0.25) is 5.28 Å². The fraction of sp³-hybridized carbons (Fsp3) is 0.500. The largest absolute Gasteiger partial charge is 0.293 e. The van der Waals surface area contributed by atoms with Crippen LogP contribution in [0.5, 0.6) is 0 Å². The van der Waals surface area contributed by atoms with Crippen LogP contribution in [0.1, 0.15) is 48.3 Å². The fourth-order valence-electron chi connectivity index (χ4n) is 1.84. The molecular formula is C12H16ClN3S. The minimum absolute atomic E-state index is 0.189. The molecule has 2 heterocycles. The number of aryl methyl sites for hydroxylation is 1. The minimum atomic E-state index is 0.189. The number of rotatable bonds is 3. The summed E-state index contributed by atoms with van der Waals surface area (Å²) in [6.45, 7) is 8.44. The molecule has 0 amide bonds. The highest BCUT2D eigenvalue weighted by Gasteiger charge is 2.20. The number of aromatic nitrogens is 3. The lowest BCUT2D eigenvalue weighted by molar-refractivity contribution is 0.586. The highest BCUT2D eigenvalue weighted by atomic mass is 35.5. The second-order valence-electron chi connectivity index (χ2n) is 4.48. The first kappa shape index (κ1) is 12.6. The van der Waals surface area contributed by atoms with Gasteiger partial charge in [0.05, 0.1) is 6.04 Å². The maximum absolute atomic E-state index is 6.13. The zero-order valence-electron chi connectivity index (χ0n) is 10.4. The van der Waals surface area contributed by atoms with Crippen LogP contribution < -0.4 is 0 Å². The topological polar surface area (TPSA) is 30.7 Å². The van der Waals surface area contributed by atoms with Crippen molar-refractivity contribution in [3.63, 3.8) is 0 Å². The molecule has 2 aromatic heterocycles. The van der Waals surface area contributed by atoms with Gasteiger partial charge in [-0.2, -0.15) is 0 Å². The maximum atomic E-state index is 6.13. The molecule has 0 aromatic carbocycles. The van der Waals surface area contributed by atoms with E-state index >= 15 is 0 Å². The van der Waals surface area contributed by atoms with Gasteiger partial charge in [0.15, 0.2) is 0 Å². The molecule has 1 atom stereocenters. The average Bonchev–Trinajstić information content (AvgIpc) is 2.83. The van der Waals surface area contributed by atoms with Crippen molar-refractivity contribution in [2.75, 3.05) is 0 Å². The second kappa shape index (κ2) is 4.78. The monoisotopic (exact) mass is 269 g/mol. The van der Waals surface area contributed by atoms with Gasteiger partial charge in [-0.3, -0.25) is 4.57 Å². The Labute approximate surface area is 110 Å². The SMILES string of the molecule is Cc1ccc(C(C)n2c(Cl)nnc2C(C)C)s1. The molecule has 1 unspecified atom stereocenters. The Kier molecular flexibility index (Phi) is 3.54. The third-order valence-electron chi connectivity index (χ3n) is 2.76. The van der Waals surface area contributed by atoms with E-state index in [0.29, 0.717) is 11.2 Å². The molecule has 5 heteroatoms. The van der Waals surface area contributed by atoms with Crippen LogP contribution >= 0.6 is 22.9 Å². The van der Waals surface area contributed by atoms with Crippen molar-refractivity contribution >= 4 is 22.9 Å². The lowest BCUT2D eigenvalue weighted by Crippen LogP contribution is -2.11. The van der Waals surface area contributed by atoms with Crippen molar-refractivity contribution in [2.45, 2.75) is 39.7 Å². The standard InChI is InChI=1S/C12H16ClN3S/c1-7(2)11-14-15-12(13)16(11)9(4)10-6-5-8(3)17-10/h5-7,9H,1-4H3. The summed E-state index contributed by atoms with van der Waals surface area (Å²) >= 11 is 7.92. The van der Waals surface area contributed by atoms with E-state index in [1.165, 1.54) is 9.75 Å². The van der Waals surface area contributed by atoms with Crippen LogP contribution in [-0.2, 0) is 0 Å². The molecule has 92 valence electrons. The summed E-state index contributed by atoms with van der Waals surface area (Å²) < 4.78 is 2.01. The Bertz CT molecular complexity index is 516. The maximum Gasteiger partial charge on any atom is 0.225 e. The van der Waals surface area contributed by atoms with Gasteiger partial charge in [0.25, 0.3) is 0 Å². The highest BCUT2D eigenvalue weighted by molar-refractivity contribution is 7.12. The Balaban J connectivity index is 2.43. The molecule has 3 nitrogen and oxygen atoms in total. The Morgan fingerprint density at radius 1 is 1.24 bits per heavy atom. The smallest absolute Gasteiger partial charge is 0.225 e. The Morgan fingerprint density at radius 3 is 2.47 bits per heavy atom. The van der Waals surface area contributed by atoms with Crippen molar-refractivity contribution < 1.29 is 0 Å². The van der Waals surface area contributed by atoms with Gasteiger partial charge in [0, 0.05) is 15.7 Å². The summed E-state index contributed by atoms with van der Waals surface area (Å²) in [5.41, 5.74) is 0. The van der Waals surface area contributed by atoms with E-state index < -0.39 is 0 Å². The van der Waals surface area contributed by atoms with E-state index in [1.807, 2.05) is 4.57 Å². The number of nitrogens with zero attached hydrogens (tertiary/aromatic N) is 3. The Hall–Kier alpha value is -0.870. The fourth-order valence-corrected chi connectivity index (χ4v) is 3.03. The minimum Gasteiger partial charge on any atom is -0.293 e. The van der Waals surface area contributed by atoms with E-state index in [9.17, 15) is 0 Å². The molecule has 0 aliphatic heterocycles. The predicted octanol–water partition coefficient (Wildman–Crippen LogP) is 4.03. The van der Waals surface area contributed by atoms with Gasteiger partial charge in [-0.25, -0.2) is 0 Å². The number of thiophene rings is 1. The quantitative estimate of drug-likeness (QED) is 0.842. The summed E-state index contributed by atoms with van der Waals surface area (Å²) in [6, 6.07) is 4.46. The van der Waals surface area contributed by atoms with Gasteiger partial charge < -0.3 is 0 Å². The van der Waals surface area contributed by atoms with Crippen LogP contribution in [0.15, 0.2) is 12.1 Å². The molecule has 2 aromatic rings. The van der Waals surface area contributed by atoms with Gasteiger partial charge in [0.2, 0.25) is 5.28 Å². The summed E-state index contributed by atoms with van der Waals surface area (Å²) in [7, 11) is 0. The zero-order chi connectivity index (χ0) is 12.6. The molecule has 17 heavy (non-hydrogen) atoms. The lowest BCUT2D eigenvalue weighted by Gasteiger charge is -2.16. The summed E-state index contributed by atoms with van der Waals surface area (Å²) in [5, 5.41) is 8.59. The van der Waals surface area contributed by atoms with Crippen molar-refractivity contribution in [2.24, 2.45) is 0 Å². The lowest BCUT2D eigenvalue weighted by atomic mass is 10.2.